The van der Waals surface area contributed by atoms with Gasteiger partial charge in [-0.1, -0.05) is 18.2 Å². The number of rotatable bonds is 8. The summed E-state index contributed by atoms with van der Waals surface area (Å²) in [7, 11) is 3.25. The first-order valence-electron chi connectivity index (χ1n) is 5.84. The molecule has 0 fully saturated rings. The van der Waals surface area contributed by atoms with Gasteiger partial charge < -0.3 is 20.1 Å². The summed E-state index contributed by atoms with van der Waals surface area (Å²) in [5.74, 6) is -0.0562. The van der Waals surface area contributed by atoms with Crippen molar-refractivity contribution in [3.63, 3.8) is 0 Å². The number of hydrogen-bond acceptors (Lipinski definition) is 4. The van der Waals surface area contributed by atoms with Crippen LogP contribution in [0.3, 0.4) is 0 Å². The van der Waals surface area contributed by atoms with Crippen LogP contribution in [0.5, 0.6) is 0 Å². The van der Waals surface area contributed by atoms with Crippen molar-refractivity contribution in [3.05, 3.63) is 29.8 Å². The number of amides is 1. The number of methoxy groups -OCH3 is 2. The Kier molecular flexibility index (Phi) is 6.83. The van der Waals surface area contributed by atoms with Gasteiger partial charge in [0.15, 0.2) is 0 Å². The first-order chi connectivity index (χ1) is 8.77. The summed E-state index contributed by atoms with van der Waals surface area (Å²) in [6.07, 6.45) is 0. The third-order valence-electron chi connectivity index (χ3n) is 2.38. The summed E-state index contributed by atoms with van der Waals surface area (Å²) in [5.41, 5.74) is 1.95. The van der Waals surface area contributed by atoms with Gasteiger partial charge in [0.05, 0.1) is 19.8 Å². The lowest BCUT2D eigenvalue weighted by atomic mass is 10.2. The van der Waals surface area contributed by atoms with Crippen molar-refractivity contribution in [2.45, 2.75) is 6.61 Å². The molecule has 0 aliphatic rings. The number of nitrogens with one attached hydrogen (secondary N) is 2. The first kappa shape index (κ1) is 14.5. The van der Waals surface area contributed by atoms with E-state index in [0.29, 0.717) is 19.8 Å². The maximum atomic E-state index is 11.5. The lowest BCUT2D eigenvalue weighted by Crippen LogP contribution is -2.32. The van der Waals surface area contributed by atoms with Crippen molar-refractivity contribution in [3.8, 4) is 0 Å². The minimum Gasteiger partial charge on any atom is -0.383 e. The number of para-hydroxylation sites is 1. The zero-order chi connectivity index (χ0) is 13.2. The third-order valence-corrected chi connectivity index (χ3v) is 2.38. The van der Waals surface area contributed by atoms with Gasteiger partial charge in [0, 0.05) is 32.0 Å². The first-order valence-corrected chi connectivity index (χ1v) is 5.84. The maximum Gasteiger partial charge on any atom is 0.239 e. The monoisotopic (exact) mass is 252 g/mol. The number of carbonyl (C=O) groups is 1. The predicted octanol–water partition coefficient (Wildman–Crippen LogP) is 1.01. The molecule has 100 valence electrons. The van der Waals surface area contributed by atoms with Crippen LogP contribution in [0, 0.1) is 0 Å². The standard InChI is InChI=1S/C13H20N2O3/c1-17-8-7-14-13(16)9-15-12-6-4-3-5-11(12)10-18-2/h3-6,15H,7-10H2,1-2H3,(H,14,16). The van der Waals surface area contributed by atoms with Crippen molar-refractivity contribution >= 4 is 11.6 Å². The number of benzene rings is 1. The summed E-state index contributed by atoms with van der Waals surface area (Å²) < 4.78 is 9.95. The van der Waals surface area contributed by atoms with Crippen LogP contribution in [0.1, 0.15) is 5.56 Å². The lowest BCUT2D eigenvalue weighted by molar-refractivity contribution is -0.119. The average molecular weight is 252 g/mol. The summed E-state index contributed by atoms with van der Waals surface area (Å²) in [5, 5.41) is 5.84. The molecule has 0 aliphatic carbocycles. The Labute approximate surface area is 107 Å². The molecule has 5 nitrogen and oxygen atoms in total. The van der Waals surface area contributed by atoms with E-state index >= 15 is 0 Å². The van der Waals surface area contributed by atoms with Crippen LogP contribution in [0.2, 0.25) is 0 Å². The average Bonchev–Trinajstić information content (AvgIpc) is 2.38. The van der Waals surface area contributed by atoms with Gasteiger partial charge in [-0.15, -0.1) is 0 Å². The SMILES string of the molecule is COCCNC(=O)CNc1ccccc1COC. The Hall–Kier alpha value is -1.59. The maximum absolute atomic E-state index is 11.5. The Bertz CT molecular complexity index is 369. The molecule has 0 spiro atoms. The molecule has 2 N–H and O–H groups in total. The number of hydrogen-bond donors (Lipinski definition) is 2. The highest BCUT2D eigenvalue weighted by Gasteiger charge is 2.03. The molecule has 0 saturated carbocycles. The molecule has 0 bridgehead atoms. The van der Waals surface area contributed by atoms with Crippen molar-refractivity contribution < 1.29 is 14.3 Å². The summed E-state index contributed by atoms with van der Waals surface area (Å²) in [4.78, 5) is 11.5. The third kappa shape index (κ3) is 5.16. The molecule has 0 aliphatic heterocycles. The molecule has 0 heterocycles. The Morgan fingerprint density at radius 2 is 2.00 bits per heavy atom. The second-order valence-electron chi connectivity index (χ2n) is 3.79. The van der Waals surface area contributed by atoms with Crippen LogP contribution in [-0.2, 0) is 20.9 Å². The van der Waals surface area contributed by atoms with Gasteiger partial charge in [-0.3, -0.25) is 4.79 Å². The summed E-state index contributed by atoms with van der Waals surface area (Å²) >= 11 is 0. The molecule has 18 heavy (non-hydrogen) atoms. The van der Waals surface area contributed by atoms with Gasteiger partial charge in [-0.05, 0) is 6.07 Å². The molecule has 1 aromatic carbocycles. The van der Waals surface area contributed by atoms with Crippen molar-refractivity contribution in [2.75, 3.05) is 39.2 Å². The second kappa shape index (κ2) is 8.49. The Balaban J connectivity index is 2.40. The predicted molar refractivity (Wildman–Crippen MR) is 70.5 cm³/mol. The van der Waals surface area contributed by atoms with E-state index in [2.05, 4.69) is 10.6 Å². The largest absolute Gasteiger partial charge is 0.383 e. The molecule has 0 radical (unpaired) electrons. The molecule has 1 amide bonds. The Morgan fingerprint density at radius 3 is 2.72 bits per heavy atom. The van der Waals surface area contributed by atoms with Crippen molar-refractivity contribution in [2.24, 2.45) is 0 Å². The van der Waals surface area contributed by atoms with E-state index in [1.165, 1.54) is 0 Å². The van der Waals surface area contributed by atoms with Crippen LogP contribution >= 0.6 is 0 Å². The van der Waals surface area contributed by atoms with E-state index in [1.54, 1.807) is 14.2 Å². The van der Waals surface area contributed by atoms with E-state index in [4.69, 9.17) is 9.47 Å². The van der Waals surface area contributed by atoms with Crippen LogP contribution < -0.4 is 10.6 Å². The van der Waals surface area contributed by atoms with Gasteiger partial charge in [0.1, 0.15) is 0 Å². The molecule has 0 aromatic heterocycles. The van der Waals surface area contributed by atoms with Gasteiger partial charge in [-0.2, -0.15) is 0 Å². The molecular weight excluding hydrogens is 232 g/mol. The normalized spacial score (nSPS) is 10.1. The highest BCUT2D eigenvalue weighted by Crippen LogP contribution is 2.15. The highest BCUT2D eigenvalue weighted by molar-refractivity contribution is 5.80. The lowest BCUT2D eigenvalue weighted by Gasteiger charge is -2.11. The van der Waals surface area contributed by atoms with E-state index in [1.807, 2.05) is 24.3 Å². The summed E-state index contributed by atoms with van der Waals surface area (Å²) in [6.45, 7) is 1.81. The van der Waals surface area contributed by atoms with Gasteiger partial charge in [0.25, 0.3) is 0 Å². The van der Waals surface area contributed by atoms with Gasteiger partial charge >= 0.3 is 0 Å². The van der Waals surface area contributed by atoms with Crippen LogP contribution in [0.4, 0.5) is 5.69 Å². The number of carbonyl (C=O) groups excluding carboxylic acids is 1. The minimum absolute atomic E-state index is 0.0562. The van der Waals surface area contributed by atoms with Crippen LogP contribution in [-0.4, -0.2) is 39.8 Å². The zero-order valence-corrected chi connectivity index (χ0v) is 10.9. The fraction of sp³-hybridized carbons (Fsp3) is 0.462. The molecule has 0 unspecified atom stereocenters. The minimum atomic E-state index is -0.0562. The topological polar surface area (TPSA) is 59.6 Å². The molecule has 1 rings (SSSR count). The van der Waals surface area contributed by atoms with Crippen LogP contribution in [0.15, 0.2) is 24.3 Å². The molecule has 0 atom stereocenters. The van der Waals surface area contributed by atoms with Gasteiger partial charge in [0.2, 0.25) is 5.91 Å². The fourth-order valence-electron chi connectivity index (χ4n) is 1.50. The number of anilines is 1. The van der Waals surface area contributed by atoms with E-state index in [-0.39, 0.29) is 12.5 Å². The van der Waals surface area contributed by atoms with Gasteiger partial charge in [-0.25, -0.2) is 0 Å². The molecule has 0 saturated heterocycles. The van der Waals surface area contributed by atoms with E-state index in [0.717, 1.165) is 11.3 Å². The second-order valence-corrected chi connectivity index (χ2v) is 3.79. The number of ether oxygens (including phenoxy) is 2. The molecular formula is C13H20N2O3. The smallest absolute Gasteiger partial charge is 0.239 e. The molecule has 5 heteroatoms. The van der Waals surface area contributed by atoms with E-state index in [9.17, 15) is 4.79 Å². The quantitative estimate of drug-likeness (QED) is 0.678. The van der Waals surface area contributed by atoms with Crippen molar-refractivity contribution in [1.29, 1.82) is 0 Å². The van der Waals surface area contributed by atoms with Crippen molar-refractivity contribution in [1.82, 2.24) is 5.32 Å². The summed E-state index contributed by atoms with van der Waals surface area (Å²) in [6, 6.07) is 7.76. The van der Waals surface area contributed by atoms with Crippen LogP contribution in [0.25, 0.3) is 0 Å². The molecule has 1 aromatic rings. The Morgan fingerprint density at radius 1 is 1.22 bits per heavy atom. The van der Waals surface area contributed by atoms with E-state index < -0.39 is 0 Å². The highest BCUT2D eigenvalue weighted by atomic mass is 16.5. The fourth-order valence-corrected chi connectivity index (χ4v) is 1.50. The zero-order valence-electron chi connectivity index (χ0n) is 10.9.